The predicted molar refractivity (Wildman–Crippen MR) is 138 cm³/mol. The van der Waals surface area contributed by atoms with Crippen molar-refractivity contribution in [3.63, 3.8) is 0 Å². The zero-order chi connectivity index (χ0) is 24.5. The number of carbonyl (C=O) groups excluding carboxylic acids is 2. The first-order valence-electron chi connectivity index (χ1n) is 10.4. The van der Waals surface area contributed by atoms with Crippen molar-refractivity contribution >= 4 is 67.8 Å². The average Bonchev–Trinajstić information content (AvgIpc) is 3.46. The van der Waals surface area contributed by atoms with Gasteiger partial charge in [-0.25, -0.2) is 5.43 Å². The zero-order valence-corrected chi connectivity index (χ0v) is 20.6. The molecule has 0 fully saturated rings. The highest BCUT2D eigenvalue weighted by atomic mass is 35.5. The van der Waals surface area contributed by atoms with Crippen LogP contribution in [0.2, 0.25) is 10.0 Å². The van der Waals surface area contributed by atoms with E-state index in [1.54, 1.807) is 61.5 Å². The van der Waals surface area contributed by atoms with Gasteiger partial charge in [0.2, 0.25) is 6.79 Å². The summed E-state index contributed by atoms with van der Waals surface area (Å²) in [7, 11) is 0. The van der Waals surface area contributed by atoms with E-state index in [1.165, 1.54) is 11.3 Å². The van der Waals surface area contributed by atoms with Crippen molar-refractivity contribution in [3.8, 4) is 11.5 Å². The molecule has 3 aromatic carbocycles. The second-order valence-corrected chi connectivity index (χ2v) is 9.49. The van der Waals surface area contributed by atoms with Gasteiger partial charge in [0.1, 0.15) is 4.88 Å². The number of hydrogen-bond donors (Lipinski definition) is 2. The van der Waals surface area contributed by atoms with Crippen LogP contribution in [0.1, 0.15) is 32.5 Å². The molecule has 176 valence electrons. The number of anilines is 1. The first-order valence-corrected chi connectivity index (χ1v) is 12.0. The van der Waals surface area contributed by atoms with E-state index < -0.39 is 5.91 Å². The van der Waals surface area contributed by atoms with Crippen LogP contribution >= 0.6 is 34.5 Å². The number of nitrogens with zero attached hydrogens (tertiary/aromatic N) is 1. The van der Waals surface area contributed by atoms with E-state index in [0.29, 0.717) is 43.4 Å². The van der Waals surface area contributed by atoms with Gasteiger partial charge in [0.25, 0.3) is 11.8 Å². The van der Waals surface area contributed by atoms with Gasteiger partial charge in [0.05, 0.1) is 10.7 Å². The molecular weight excluding hydrogens is 509 g/mol. The van der Waals surface area contributed by atoms with Crippen LogP contribution in [-0.2, 0) is 0 Å². The van der Waals surface area contributed by atoms with Crippen molar-refractivity contribution in [2.45, 2.75) is 6.92 Å². The topological polar surface area (TPSA) is 89.0 Å². The van der Waals surface area contributed by atoms with Crippen molar-refractivity contribution in [2.24, 2.45) is 5.10 Å². The minimum Gasteiger partial charge on any atom is -0.454 e. The maximum atomic E-state index is 12.7. The zero-order valence-electron chi connectivity index (χ0n) is 18.2. The summed E-state index contributed by atoms with van der Waals surface area (Å²) in [5.74, 6) is 0.437. The molecule has 1 aliphatic heterocycles. The van der Waals surface area contributed by atoms with Gasteiger partial charge in [0, 0.05) is 26.4 Å². The summed E-state index contributed by atoms with van der Waals surface area (Å²) in [4.78, 5) is 25.7. The SMILES string of the molecule is CC(=NNC(=O)c1sc2cc(Cl)ccc2c1Cl)c1cccc(NC(=O)c2ccc3c(c2)OCO3)c1. The molecule has 2 heterocycles. The van der Waals surface area contributed by atoms with Crippen LogP contribution in [0.5, 0.6) is 11.5 Å². The van der Waals surface area contributed by atoms with Crippen LogP contribution in [-0.4, -0.2) is 24.3 Å². The molecule has 1 aliphatic rings. The third kappa shape index (κ3) is 4.81. The summed E-state index contributed by atoms with van der Waals surface area (Å²) in [6, 6.07) is 17.4. The van der Waals surface area contributed by atoms with Crippen molar-refractivity contribution in [1.29, 1.82) is 0 Å². The molecule has 10 heteroatoms. The fraction of sp³-hybridized carbons (Fsp3) is 0.0800. The fourth-order valence-corrected chi connectivity index (χ4v) is 5.18. The van der Waals surface area contributed by atoms with Crippen molar-refractivity contribution < 1.29 is 19.1 Å². The highest BCUT2D eigenvalue weighted by Gasteiger charge is 2.18. The molecule has 0 saturated heterocycles. The molecule has 0 atom stereocenters. The molecule has 0 spiro atoms. The number of fused-ring (bicyclic) bond motifs is 2. The predicted octanol–water partition coefficient (Wildman–Crippen LogP) is 6.34. The molecule has 2 amide bonds. The number of rotatable bonds is 5. The molecule has 35 heavy (non-hydrogen) atoms. The summed E-state index contributed by atoms with van der Waals surface area (Å²) in [6.45, 7) is 1.90. The number of halogens is 2. The lowest BCUT2D eigenvalue weighted by molar-refractivity contribution is 0.0958. The van der Waals surface area contributed by atoms with Gasteiger partial charge in [-0.2, -0.15) is 5.10 Å². The van der Waals surface area contributed by atoms with E-state index in [9.17, 15) is 9.59 Å². The van der Waals surface area contributed by atoms with Gasteiger partial charge in [-0.05, 0) is 55.0 Å². The smallest absolute Gasteiger partial charge is 0.283 e. The molecule has 2 N–H and O–H groups in total. The standard InChI is InChI=1S/C25H17Cl2N3O4S/c1-13(29-30-25(32)23-22(27)18-7-6-16(26)11-21(18)35-23)14-3-2-4-17(9-14)28-24(31)15-5-8-19-20(10-15)34-12-33-19/h2-11H,12H2,1H3,(H,28,31)(H,30,32). The Hall–Kier alpha value is -3.59. The van der Waals surface area contributed by atoms with E-state index in [0.717, 1.165) is 15.6 Å². The van der Waals surface area contributed by atoms with Crippen molar-refractivity contribution in [2.75, 3.05) is 12.1 Å². The normalized spacial score (nSPS) is 12.6. The fourth-order valence-electron chi connectivity index (χ4n) is 3.50. The van der Waals surface area contributed by atoms with E-state index in [2.05, 4.69) is 15.8 Å². The number of amides is 2. The van der Waals surface area contributed by atoms with Crippen LogP contribution < -0.4 is 20.2 Å². The Labute approximate surface area is 214 Å². The lowest BCUT2D eigenvalue weighted by Gasteiger charge is -2.08. The van der Waals surface area contributed by atoms with Gasteiger partial charge >= 0.3 is 0 Å². The largest absolute Gasteiger partial charge is 0.454 e. The Balaban J connectivity index is 1.29. The Bertz CT molecular complexity index is 1520. The number of hydrogen-bond acceptors (Lipinski definition) is 6. The summed E-state index contributed by atoms with van der Waals surface area (Å²) < 4.78 is 11.4. The summed E-state index contributed by atoms with van der Waals surface area (Å²) in [5.41, 5.74) is 4.85. The quantitative estimate of drug-likeness (QED) is 0.235. The second-order valence-electron chi connectivity index (χ2n) is 7.63. The van der Waals surface area contributed by atoms with Gasteiger partial charge in [-0.15, -0.1) is 11.3 Å². The van der Waals surface area contributed by atoms with E-state index in [-0.39, 0.29) is 12.7 Å². The van der Waals surface area contributed by atoms with Gasteiger partial charge in [0.15, 0.2) is 11.5 Å². The van der Waals surface area contributed by atoms with Crippen LogP contribution in [0.15, 0.2) is 65.8 Å². The van der Waals surface area contributed by atoms with Crippen LogP contribution in [0.25, 0.3) is 10.1 Å². The highest BCUT2D eigenvalue weighted by molar-refractivity contribution is 7.21. The molecule has 5 rings (SSSR count). The van der Waals surface area contributed by atoms with Crippen LogP contribution in [0, 0.1) is 0 Å². The number of benzene rings is 3. The number of carbonyl (C=O) groups is 2. The molecule has 1 aromatic heterocycles. The maximum Gasteiger partial charge on any atom is 0.283 e. The van der Waals surface area contributed by atoms with E-state index in [1.807, 2.05) is 6.07 Å². The van der Waals surface area contributed by atoms with E-state index >= 15 is 0 Å². The molecule has 0 bridgehead atoms. The van der Waals surface area contributed by atoms with Gasteiger partial charge in [-0.1, -0.05) is 41.4 Å². The van der Waals surface area contributed by atoms with Crippen LogP contribution in [0.4, 0.5) is 5.69 Å². The maximum absolute atomic E-state index is 12.7. The van der Waals surface area contributed by atoms with Gasteiger partial charge in [-0.3, -0.25) is 9.59 Å². The Morgan fingerprint density at radius 3 is 2.63 bits per heavy atom. The van der Waals surface area contributed by atoms with Crippen molar-refractivity contribution in [3.05, 3.63) is 86.7 Å². The Morgan fingerprint density at radius 2 is 1.77 bits per heavy atom. The minimum absolute atomic E-state index is 0.140. The molecular formula is C25H17Cl2N3O4S. The average molecular weight is 526 g/mol. The summed E-state index contributed by atoms with van der Waals surface area (Å²) >= 11 is 13.7. The Kier molecular flexibility index (Phi) is 6.34. The third-order valence-electron chi connectivity index (χ3n) is 5.30. The molecule has 0 radical (unpaired) electrons. The Morgan fingerprint density at radius 1 is 0.943 bits per heavy atom. The number of hydrazone groups is 1. The first kappa shape index (κ1) is 23.2. The lowest BCUT2D eigenvalue weighted by Crippen LogP contribution is -2.18. The first-order chi connectivity index (χ1) is 16.9. The minimum atomic E-state index is -0.418. The molecule has 0 saturated carbocycles. The molecule has 4 aromatic rings. The number of thiophene rings is 1. The lowest BCUT2D eigenvalue weighted by atomic mass is 10.1. The summed E-state index contributed by atoms with van der Waals surface area (Å²) in [5, 5.41) is 8.77. The second kappa shape index (κ2) is 9.58. The third-order valence-corrected chi connectivity index (χ3v) is 7.19. The monoisotopic (exact) mass is 525 g/mol. The molecule has 0 aliphatic carbocycles. The van der Waals surface area contributed by atoms with Crippen molar-refractivity contribution in [1.82, 2.24) is 5.43 Å². The highest BCUT2D eigenvalue weighted by Crippen LogP contribution is 2.36. The van der Waals surface area contributed by atoms with Crippen LogP contribution in [0.3, 0.4) is 0 Å². The summed E-state index contributed by atoms with van der Waals surface area (Å²) in [6.07, 6.45) is 0. The number of ether oxygens (including phenoxy) is 2. The molecule has 7 nitrogen and oxygen atoms in total. The van der Waals surface area contributed by atoms with Gasteiger partial charge < -0.3 is 14.8 Å². The van der Waals surface area contributed by atoms with E-state index in [4.69, 9.17) is 32.7 Å². The molecule has 0 unspecified atom stereocenters. The number of nitrogens with one attached hydrogen (secondary N) is 2.